The number of nitrogens with one attached hydrogen (secondary N) is 1. The summed E-state index contributed by atoms with van der Waals surface area (Å²) in [6.45, 7) is 54.8. The van der Waals surface area contributed by atoms with E-state index < -0.39 is 11.8 Å². The molecule has 0 atom stereocenters. The molecule has 14 aromatic carbocycles. The molecule has 0 spiro atoms. The molecule has 0 fully saturated rings. The lowest BCUT2D eigenvalue weighted by atomic mass is 9.80. The Hall–Kier alpha value is -10.8. The van der Waals surface area contributed by atoms with E-state index in [9.17, 15) is 0 Å². The Kier molecular flexibility index (Phi) is 21.0. The summed E-state index contributed by atoms with van der Waals surface area (Å²) in [6.07, 6.45) is 0. The largest absolute Gasteiger partial charge is 0.456 e. The van der Waals surface area contributed by atoms with Crippen LogP contribution >= 0.6 is 0 Å². The number of hydrogen-bond donors (Lipinski definition) is 1. The summed E-state index contributed by atoms with van der Waals surface area (Å²) in [5, 5.41) is 14.8. The van der Waals surface area contributed by atoms with E-state index >= 15 is 14.4 Å². The molecule has 590 valence electrons. The normalized spacial score (nSPS) is 13.0. The number of benzene rings is 14. The Morgan fingerprint density at radius 3 is 0.800 bits per heavy atom. The average Bonchev–Trinajstić information content (AvgIpc) is 0.669. The van der Waals surface area contributed by atoms with Gasteiger partial charge in [-0.25, -0.2) is 4.90 Å². The first-order valence-electron chi connectivity index (χ1n) is 42.3. The van der Waals surface area contributed by atoms with Crippen LogP contribution in [0.25, 0.3) is 75.4 Å². The summed E-state index contributed by atoms with van der Waals surface area (Å²) in [6, 6.07) is 55.5. The molecule has 1 N–H and O–H groups in total. The van der Waals surface area contributed by atoms with Gasteiger partial charge in [0.1, 0.15) is 46.0 Å². The van der Waals surface area contributed by atoms with E-state index in [-0.39, 0.29) is 76.9 Å². The summed E-state index contributed by atoms with van der Waals surface area (Å²) >= 11 is 0. The quantitative estimate of drug-likeness (QED) is 0.0386. The van der Waals surface area contributed by atoms with Crippen molar-refractivity contribution in [1.82, 2.24) is 0 Å². The molecule has 0 saturated heterocycles. The van der Waals surface area contributed by atoms with Crippen molar-refractivity contribution in [3.8, 4) is 46.0 Å². The fourth-order valence-corrected chi connectivity index (χ4v) is 18.6. The van der Waals surface area contributed by atoms with Gasteiger partial charge in [-0.1, -0.05) is 300 Å². The van der Waals surface area contributed by atoms with Crippen molar-refractivity contribution >= 4 is 105 Å². The third-order valence-electron chi connectivity index (χ3n) is 24.5. The number of carbonyl (C=O) groups excluding carboxylic acids is 3. The first kappa shape index (κ1) is 79.5. The van der Waals surface area contributed by atoms with Gasteiger partial charge in [0.2, 0.25) is 0 Å². The summed E-state index contributed by atoms with van der Waals surface area (Å²) in [4.78, 5) is 51.7. The van der Waals surface area contributed by atoms with Gasteiger partial charge < -0.3 is 24.3 Å². The average molecular weight is 1530 g/mol. The topological polar surface area (TPSA) is 103 Å². The van der Waals surface area contributed by atoms with E-state index in [1.807, 2.05) is 24.3 Å². The van der Waals surface area contributed by atoms with E-state index in [1.54, 1.807) is 0 Å². The lowest BCUT2D eigenvalue weighted by Gasteiger charge is -2.34. The Labute approximate surface area is 680 Å². The molecule has 3 amide bonds. The highest BCUT2D eigenvalue weighted by molar-refractivity contribution is 6.48. The van der Waals surface area contributed by atoms with Crippen LogP contribution in [0, 0.1) is 6.92 Å². The number of rotatable bonds is 23. The SMILES string of the molecule is Cc1cc(Oc2c(C(C)C)cccc2C(C)C)c2c3ccc4c5c(Oc6c(C(C)C)cccc6C(C)C)cc6c7c(cc(Oc8c(C(C)C)cccc8C(C)C)c(c8ccc(c9c(Oc%10c(C(C)C)cccc%10C(C)C)cc(C(=O)Nc%10c(C(C)C)cccc%10C(C)C)c1c29)c3c48)c75)C(=O)N(c1c(C(C)C)cccc1C(C)C)C6=O. The summed E-state index contributed by atoms with van der Waals surface area (Å²) in [5.74, 6) is 4.60. The van der Waals surface area contributed by atoms with Gasteiger partial charge in [0, 0.05) is 43.4 Å². The molecule has 15 rings (SSSR count). The Balaban J connectivity index is 1.19. The lowest BCUT2D eigenvalue weighted by molar-refractivity contribution is 0.0891. The van der Waals surface area contributed by atoms with Crippen LogP contribution in [0.1, 0.15) is 341 Å². The minimum absolute atomic E-state index is 0.0403. The fraction of sp³-hybridized carbons (Fsp3) is 0.349. The monoisotopic (exact) mass is 1530 g/mol. The third kappa shape index (κ3) is 13.2. The lowest BCUT2D eigenvalue weighted by Crippen LogP contribution is -2.42. The second-order valence-electron chi connectivity index (χ2n) is 36.4. The zero-order valence-corrected chi connectivity index (χ0v) is 72.2. The maximum absolute atomic E-state index is 16.8. The van der Waals surface area contributed by atoms with Crippen molar-refractivity contribution < 1.29 is 33.3 Å². The van der Waals surface area contributed by atoms with E-state index in [0.29, 0.717) is 56.1 Å². The number of para-hydroxylation sites is 6. The maximum atomic E-state index is 16.8. The van der Waals surface area contributed by atoms with Gasteiger partial charge in [-0.15, -0.1) is 0 Å². The van der Waals surface area contributed by atoms with Gasteiger partial charge in [-0.2, -0.15) is 0 Å². The first-order valence-corrected chi connectivity index (χ1v) is 42.3. The van der Waals surface area contributed by atoms with Gasteiger partial charge in [0.05, 0.1) is 22.4 Å². The second-order valence-corrected chi connectivity index (χ2v) is 36.4. The Bertz CT molecular complexity index is 5910. The zero-order valence-electron chi connectivity index (χ0n) is 72.2. The summed E-state index contributed by atoms with van der Waals surface area (Å²) in [5.41, 5.74) is 15.8. The number of nitrogens with zero attached hydrogens (tertiary/aromatic N) is 1. The molecule has 9 heteroatoms. The van der Waals surface area contributed by atoms with E-state index in [2.05, 4.69) is 312 Å². The molecular weight excluding hydrogens is 1410 g/mol. The molecular formula is C106H114N2O7. The van der Waals surface area contributed by atoms with Gasteiger partial charge in [0.15, 0.2) is 0 Å². The number of anilines is 2. The predicted octanol–water partition coefficient (Wildman–Crippen LogP) is 31.6. The number of carbonyl (C=O) groups is 3. The van der Waals surface area contributed by atoms with Crippen LogP contribution in [-0.2, 0) is 0 Å². The minimum Gasteiger partial charge on any atom is -0.456 e. The predicted molar refractivity (Wildman–Crippen MR) is 483 cm³/mol. The summed E-state index contributed by atoms with van der Waals surface area (Å²) in [7, 11) is 0. The van der Waals surface area contributed by atoms with Crippen LogP contribution in [0.15, 0.2) is 158 Å². The van der Waals surface area contributed by atoms with Crippen LogP contribution in [0.5, 0.6) is 46.0 Å². The van der Waals surface area contributed by atoms with Crippen LogP contribution in [0.4, 0.5) is 11.4 Å². The highest BCUT2D eigenvalue weighted by Gasteiger charge is 2.42. The van der Waals surface area contributed by atoms with Gasteiger partial charge in [0.25, 0.3) is 17.7 Å². The molecule has 0 unspecified atom stereocenters. The molecule has 0 radical (unpaired) electrons. The van der Waals surface area contributed by atoms with Crippen molar-refractivity contribution in [2.24, 2.45) is 0 Å². The van der Waals surface area contributed by atoms with Crippen LogP contribution < -0.4 is 29.2 Å². The minimum atomic E-state index is -0.426. The molecule has 1 aliphatic rings. The van der Waals surface area contributed by atoms with Crippen molar-refractivity contribution in [3.63, 3.8) is 0 Å². The molecule has 0 saturated carbocycles. The maximum Gasteiger partial charge on any atom is 0.266 e. The molecule has 0 aromatic heterocycles. The highest BCUT2D eigenvalue weighted by Crippen LogP contribution is 2.60. The first-order chi connectivity index (χ1) is 54.7. The standard InChI is InChI=1S/C106H114N2O7/c1-52(2)65-32-26-33-66(53(3)4)98(65)107-104(109)81-49-85(113-101-71(58(13)14)38-29-39-72(101)59(15)16)93-78-45-47-80-90-79(46-44-77(89(78)90)92-84(48-64(25)88(81)96(92)93)112-100-69(56(9)10)36-28-37-70(100)57(11)12)94-86(114-102-73(60(17)18)40-30-41-74(102)61(19)20)50-82-91-83(106(111)108(105(82)110)99-67(54(5)6)34-27-35-68(99)55(7)8)51-87(95(80)97(91)94)115-103-75(62(21)22)42-31-43-76(103)63(23)24/h26-63H,1-25H3,(H,107,109). The number of hydrogen-bond acceptors (Lipinski definition) is 7. The second kappa shape index (κ2) is 30.4. The van der Waals surface area contributed by atoms with Crippen LogP contribution in [0.3, 0.4) is 0 Å². The van der Waals surface area contributed by atoms with Crippen molar-refractivity contribution in [2.45, 2.75) is 244 Å². The van der Waals surface area contributed by atoms with Crippen molar-refractivity contribution in [2.75, 3.05) is 10.2 Å². The molecule has 115 heavy (non-hydrogen) atoms. The molecule has 9 nitrogen and oxygen atoms in total. The molecule has 1 aliphatic heterocycles. The molecule has 0 aliphatic carbocycles. The highest BCUT2D eigenvalue weighted by atomic mass is 16.5. The molecule has 14 aromatic rings. The Morgan fingerprint density at radius 1 is 0.278 bits per heavy atom. The third-order valence-corrected chi connectivity index (χ3v) is 24.5. The van der Waals surface area contributed by atoms with E-state index in [4.69, 9.17) is 18.9 Å². The van der Waals surface area contributed by atoms with Gasteiger partial charge >= 0.3 is 0 Å². The van der Waals surface area contributed by atoms with Gasteiger partial charge in [-0.05, 0) is 212 Å². The number of ether oxygens (including phenoxy) is 4. The van der Waals surface area contributed by atoms with E-state index in [1.165, 1.54) is 4.90 Å². The fourth-order valence-electron chi connectivity index (χ4n) is 18.6. The van der Waals surface area contributed by atoms with Crippen LogP contribution in [0.2, 0.25) is 0 Å². The number of amides is 3. The van der Waals surface area contributed by atoms with Gasteiger partial charge in [-0.3, -0.25) is 14.4 Å². The van der Waals surface area contributed by atoms with Crippen molar-refractivity contribution in [3.05, 3.63) is 247 Å². The summed E-state index contributed by atoms with van der Waals surface area (Å²) < 4.78 is 31.9. The Morgan fingerprint density at radius 2 is 0.522 bits per heavy atom. The number of imide groups is 1. The number of aryl methyl sites for hydroxylation is 1. The number of fused-ring (bicyclic) bond motifs is 4. The zero-order chi connectivity index (χ0) is 82.3. The molecule has 1 heterocycles. The smallest absolute Gasteiger partial charge is 0.266 e. The van der Waals surface area contributed by atoms with Crippen LogP contribution in [-0.4, -0.2) is 17.7 Å². The van der Waals surface area contributed by atoms with Crippen molar-refractivity contribution in [1.29, 1.82) is 0 Å². The van der Waals surface area contributed by atoms with E-state index in [0.717, 1.165) is 166 Å². The molecule has 0 bridgehead atoms.